The van der Waals surface area contributed by atoms with Crippen molar-refractivity contribution in [3.05, 3.63) is 64.1 Å². The third-order valence-electron chi connectivity index (χ3n) is 3.54. The Kier molecular flexibility index (Phi) is 5.83. The lowest BCUT2D eigenvalue weighted by Crippen LogP contribution is -2.32. The molecule has 0 unspecified atom stereocenters. The summed E-state index contributed by atoms with van der Waals surface area (Å²) >= 11 is 11.8. The monoisotopic (exact) mass is 336 g/mol. The fraction of sp³-hybridized carbons (Fsp3) is 0.235. The van der Waals surface area contributed by atoms with Crippen LogP contribution < -0.4 is 5.32 Å². The Balaban J connectivity index is 1.95. The summed E-state index contributed by atoms with van der Waals surface area (Å²) in [6, 6.07) is 15.3. The molecular formula is C17H18Cl2N2O. The normalized spacial score (nSPS) is 12.2. The molecule has 0 bridgehead atoms. The fourth-order valence-corrected chi connectivity index (χ4v) is 2.42. The first kappa shape index (κ1) is 16.8. The van der Waals surface area contributed by atoms with E-state index < -0.39 is 0 Å². The second-order valence-electron chi connectivity index (χ2n) is 5.18. The molecule has 0 aliphatic carbocycles. The summed E-state index contributed by atoms with van der Waals surface area (Å²) in [5, 5.41) is 3.71. The van der Waals surface area contributed by atoms with Gasteiger partial charge in [-0.05, 0) is 37.7 Å². The molecule has 0 aliphatic heterocycles. The Hall–Kier alpha value is -1.55. The minimum Gasteiger partial charge on any atom is -0.325 e. The van der Waals surface area contributed by atoms with Crippen molar-refractivity contribution in [2.75, 3.05) is 18.9 Å². The van der Waals surface area contributed by atoms with Crippen LogP contribution >= 0.6 is 23.2 Å². The molecule has 116 valence electrons. The fourth-order valence-electron chi connectivity index (χ4n) is 2.12. The van der Waals surface area contributed by atoms with E-state index in [4.69, 9.17) is 23.2 Å². The molecule has 0 spiro atoms. The van der Waals surface area contributed by atoms with Gasteiger partial charge < -0.3 is 5.32 Å². The maximum Gasteiger partial charge on any atom is 0.238 e. The van der Waals surface area contributed by atoms with Gasteiger partial charge >= 0.3 is 0 Å². The Morgan fingerprint density at radius 1 is 1.14 bits per heavy atom. The van der Waals surface area contributed by atoms with Gasteiger partial charge in [0.05, 0.1) is 16.6 Å². The van der Waals surface area contributed by atoms with Gasteiger partial charge in [-0.25, -0.2) is 0 Å². The first-order chi connectivity index (χ1) is 10.5. The molecule has 0 saturated heterocycles. The molecule has 2 rings (SSSR count). The number of anilines is 1. The molecule has 5 heteroatoms. The topological polar surface area (TPSA) is 32.3 Å². The van der Waals surface area contributed by atoms with Crippen LogP contribution in [-0.4, -0.2) is 24.4 Å². The number of benzene rings is 2. The zero-order chi connectivity index (χ0) is 16.1. The number of amides is 1. The highest BCUT2D eigenvalue weighted by molar-refractivity contribution is 6.42. The molecule has 0 radical (unpaired) electrons. The maximum absolute atomic E-state index is 12.1. The highest BCUT2D eigenvalue weighted by Gasteiger charge is 2.15. The van der Waals surface area contributed by atoms with Gasteiger partial charge in [0.1, 0.15) is 0 Å². The van der Waals surface area contributed by atoms with Crippen molar-refractivity contribution in [3.63, 3.8) is 0 Å². The average Bonchev–Trinajstić information content (AvgIpc) is 2.51. The standard InChI is InChI=1S/C17H18Cl2N2O/c1-12(13-6-4-3-5-7-13)21(2)11-17(22)20-14-8-9-15(18)16(19)10-14/h3-10,12H,11H2,1-2H3,(H,20,22)/t12-/m0/s1. The van der Waals surface area contributed by atoms with Crippen molar-refractivity contribution in [1.29, 1.82) is 0 Å². The van der Waals surface area contributed by atoms with E-state index in [9.17, 15) is 4.79 Å². The molecule has 2 aromatic rings. The molecular weight excluding hydrogens is 319 g/mol. The number of carbonyl (C=O) groups excluding carboxylic acids is 1. The van der Waals surface area contributed by atoms with E-state index in [1.54, 1.807) is 18.2 Å². The highest BCUT2D eigenvalue weighted by Crippen LogP contribution is 2.25. The van der Waals surface area contributed by atoms with Gasteiger partial charge in [0, 0.05) is 11.7 Å². The number of likely N-dealkylation sites (N-methyl/N-ethyl adjacent to an activating group) is 1. The lowest BCUT2D eigenvalue weighted by atomic mass is 10.1. The third kappa shape index (κ3) is 4.47. The summed E-state index contributed by atoms with van der Waals surface area (Å²) in [5.41, 5.74) is 1.81. The Bertz CT molecular complexity index is 646. The van der Waals surface area contributed by atoms with Crippen LogP contribution in [0.4, 0.5) is 5.69 Å². The molecule has 1 amide bonds. The molecule has 0 heterocycles. The average molecular weight is 337 g/mol. The number of hydrogen-bond acceptors (Lipinski definition) is 2. The lowest BCUT2D eigenvalue weighted by molar-refractivity contribution is -0.117. The summed E-state index contributed by atoms with van der Waals surface area (Å²) in [4.78, 5) is 14.1. The van der Waals surface area contributed by atoms with E-state index in [0.717, 1.165) is 0 Å². The van der Waals surface area contributed by atoms with Gasteiger partial charge in [-0.1, -0.05) is 53.5 Å². The van der Waals surface area contributed by atoms with Gasteiger partial charge in [0.25, 0.3) is 0 Å². The SMILES string of the molecule is C[C@@H](c1ccccc1)N(C)CC(=O)Nc1ccc(Cl)c(Cl)c1. The van der Waals surface area contributed by atoms with E-state index >= 15 is 0 Å². The van der Waals surface area contributed by atoms with Crippen molar-refractivity contribution in [2.45, 2.75) is 13.0 Å². The van der Waals surface area contributed by atoms with Crippen LogP contribution in [0.25, 0.3) is 0 Å². The Morgan fingerprint density at radius 2 is 1.82 bits per heavy atom. The van der Waals surface area contributed by atoms with Gasteiger partial charge in [-0.2, -0.15) is 0 Å². The van der Waals surface area contributed by atoms with Crippen LogP contribution in [-0.2, 0) is 4.79 Å². The van der Waals surface area contributed by atoms with Crippen LogP contribution in [0.15, 0.2) is 48.5 Å². The molecule has 1 N–H and O–H groups in total. The van der Waals surface area contributed by atoms with E-state index in [-0.39, 0.29) is 18.5 Å². The number of nitrogens with zero attached hydrogens (tertiary/aromatic N) is 1. The van der Waals surface area contributed by atoms with Crippen LogP contribution in [0.1, 0.15) is 18.5 Å². The van der Waals surface area contributed by atoms with Crippen molar-refractivity contribution < 1.29 is 4.79 Å². The van der Waals surface area contributed by atoms with E-state index in [2.05, 4.69) is 24.4 Å². The second kappa shape index (κ2) is 7.63. The van der Waals surface area contributed by atoms with Crippen molar-refractivity contribution >= 4 is 34.8 Å². The number of rotatable bonds is 5. The van der Waals surface area contributed by atoms with E-state index in [1.165, 1.54) is 5.56 Å². The minimum atomic E-state index is -0.0938. The van der Waals surface area contributed by atoms with Crippen LogP contribution in [0.3, 0.4) is 0 Å². The second-order valence-corrected chi connectivity index (χ2v) is 5.99. The molecule has 0 saturated carbocycles. The lowest BCUT2D eigenvalue weighted by Gasteiger charge is -2.24. The van der Waals surface area contributed by atoms with Crippen molar-refractivity contribution in [2.24, 2.45) is 0 Å². The number of nitrogens with one attached hydrogen (secondary N) is 1. The van der Waals surface area contributed by atoms with Gasteiger partial charge in [0.15, 0.2) is 0 Å². The maximum atomic E-state index is 12.1. The summed E-state index contributed by atoms with van der Waals surface area (Å²) < 4.78 is 0. The quantitative estimate of drug-likeness (QED) is 0.863. The van der Waals surface area contributed by atoms with Gasteiger partial charge in [0.2, 0.25) is 5.91 Å². The highest BCUT2D eigenvalue weighted by atomic mass is 35.5. The van der Waals surface area contributed by atoms with Crippen LogP contribution in [0.5, 0.6) is 0 Å². The van der Waals surface area contributed by atoms with Crippen molar-refractivity contribution in [3.8, 4) is 0 Å². The summed E-state index contributed by atoms with van der Waals surface area (Å²) in [6.45, 7) is 2.36. The predicted molar refractivity (Wildman–Crippen MR) is 92.6 cm³/mol. The zero-order valence-electron chi connectivity index (χ0n) is 12.5. The van der Waals surface area contributed by atoms with E-state index in [1.807, 2.05) is 30.1 Å². The predicted octanol–water partition coefficient (Wildman–Crippen LogP) is 4.62. The summed E-state index contributed by atoms with van der Waals surface area (Å²) in [5.74, 6) is -0.0938. The number of hydrogen-bond donors (Lipinski definition) is 1. The zero-order valence-corrected chi connectivity index (χ0v) is 14.0. The smallest absolute Gasteiger partial charge is 0.238 e. The third-order valence-corrected chi connectivity index (χ3v) is 4.28. The first-order valence-electron chi connectivity index (χ1n) is 6.97. The Morgan fingerprint density at radius 3 is 2.45 bits per heavy atom. The molecule has 3 nitrogen and oxygen atoms in total. The van der Waals surface area contributed by atoms with Crippen LogP contribution in [0.2, 0.25) is 10.0 Å². The summed E-state index contributed by atoms with van der Waals surface area (Å²) in [6.07, 6.45) is 0. The van der Waals surface area contributed by atoms with Crippen molar-refractivity contribution in [1.82, 2.24) is 4.90 Å². The largest absolute Gasteiger partial charge is 0.325 e. The minimum absolute atomic E-state index is 0.0938. The molecule has 0 aromatic heterocycles. The first-order valence-corrected chi connectivity index (χ1v) is 7.73. The summed E-state index contributed by atoms with van der Waals surface area (Å²) in [7, 11) is 1.92. The van der Waals surface area contributed by atoms with Crippen LogP contribution in [0, 0.1) is 0 Å². The molecule has 22 heavy (non-hydrogen) atoms. The molecule has 0 fully saturated rings. The molecule has 0 aliphatic rings. The Labute approximate surface area is 140 Å². The van der Waals surface area contributed by atoms with Gasteiger partial charge in [-0.3, -0.25) is 9.69 Å². The number of carbonyl (C=O) groups is 1. The molecule has 2 aromatic carbocycles. The number of halogens is 2. The van der Waals surface area contributed by atoms with E-state index in [0.29, 0.717) is 15.7 Å². The molecule has 1 atom stereocenters. The van der Waals surface area contributed by atoms with Gasteiger partial charge in [-0.15, -0.1) is 0 Å².